The molecule has 3 aromatic rings. The molecule has 112 valence electrons. The summed E-state index contributed by atoms with van der Waals surface area (Å²) in [5, 5.41) is 14.8. The lowest BCUT2D eigenvalue weighted by Crippen LogP contribution is -2.09. The van der Waals surface area contributed by atoms with E-state index in [4.69, 9.17) is 5.73 Å². The zero-order valence-corrected chi connectivity index (χ0v) is 11.6. The third-order valence-electron chi connectivity index (χ3n) is 3.35. The second-order valence-corrected chi connectivity index (χ2v) is 4.76. The number of hydrogen-bond acceptors (Lipinski definition) is 6. The summed E-state index contributed by atoms with van der Waals surface area (Å²) in [5.41, 5.74) is 7.51. The summed E-state index contributed by atoms with van der Waals surface area (Å²) in [4.78, 5) is 21.0. The minimum Gasteiger partial charge on any atom is -0.378 e. The number of anilines is 2. The van der Waals surface area contributed by atoms with E-state index in [0.717, 1.165) is 18.1 Å². The topological polar surface area (TPSA) is 123 Å². The van der Waals surface area contributed by atoms with Gasteiger partial charge in [0.1, 0.15) is 6.20 Å². The molecule has 1 aromatic carbocycles. The summed E-state index contributed by atoms with van der Waals surface area (Å²) in [7, 11) is 0. The van der Waals surface area contributed by atoms with Crippen LogP contribution in [-0.2, 0) is 6.42 Å². The first-order valence-electron chi connectivity index (χ1n) is 6.71. The van der Waals surface area contributed by atoms with Gasteiger partial charge < -0.3 is 16.0 Å². The fourth-order valence-electron chi connectivity index (χ4n) is 2.26. The molecule has 0 saturated heterocycles. The molecular weight excluding hydrogens is 284 g/mol. The third kappa shape index (κ3) is 2.66. The van der Waals surface area contributed by atoms with Crippen LogP contribution in [0.5, 0.6) is 0 Å². The van der Waals surface area contributed by atoms with Crippen molar-refractivity contribution in [1.29, 1.82) is 0 Å². The number of fused-ring (bicyclic) bond motifs is 1. The number of aromatic amines is 1. The highest BCUT2D eigenvalue weighted by molar-refractivity contribution is 5.83. The van der Waals surface area contributed by atoms with E-state index in [1.807, 2.05) is 24.4 Å². The van der Waals surface area contributed by atoms with Gasteiger partial charge in [-0.25, -0.2) is 4.98 Å². The maximum atomic E-state index is 10.6. The molecular formula is C14H14N6O2. The van der Waals surface area contributed by atoms with Crippen LogP contribution in [0.3, 0.4) is 0 Å². The summed E-state index contributed by atoms with van der Waals surface area (Å²) >= 11 is 0. The Morgan fingerprint density at radius 2 is 2.18 bits per heavy atom. The zero-order chi connectivity index (χ0) is 15.5. The van der Waals surface area contributed by atoms with Gasteiger partial charge in [0, 0.05) is 23.6 Å². The van der Waals surface area contributed by atoms with Crippen molar-refractivity contribution in [2.45, 2.75) is 6.42 Å². The Hall–Kier alpha value is -3.16. The van der Waals surface area contributed by atoms with Crippen LogP contribution in [-0.4, -0.2) is 26.4 Å². The van der Waals surface area contributed by atoms with Crippen molar-refractivity contribution in [2.24, 2.45) is 0 Å². The van der Waals surface area contributed by atoms with Crippen LogP contribution < -0.4 is 11.1 Å². The highest BCUT2D eigenvalue weighted by Gasteiger charge is 2.13. The monoisotopic (exact) mass is 298 g/mol. The van der Waals surface area contributed by atoms with Crippen LogP contribution in [0.2, 0.25) is 0 Å². The summed E-state index contributed by atoms with van der Waals surface area (Å²) in [6.45, 7) is 0.596. The van der Waals surface area contributed by atoms with Crippen LogP contribution >= 0.6 is 0 Å². The maximum Gasteiger partial charge on any atom is 0.329 e. The van der Waals surface area contributed by atoms with E-state index in [9.17, 15) is 10.1 Å². The van der Waals surface area contributed by atoms with E-state index >= 15 is 0 Å². The van der Waals surface area contributed by atoms with Crippen molar-refractivity contribution in [3.05, 3.63) is 52.3 Å². The first-order chi connectivity index (χ1) is 10.6. The van der Waals surface area contributed by atoms with Crippen molar-refractivity contribution in [3.8, 4) is 0 Å². The molecule has 0 fully saturated rings. The molecule has 8 nitrogen and oxygen atoms in total. The molecule has 2 aromatic heterocycles. The van der Waals surface area contributed by atoms with Crippen LogP contribution in [0.25, 0.3) is 10.9 Å². The Kier molecular flexibility index (Phi) is 3.57. The van der Waals surface area contributed by atoms with Crippen LogP contribution in [0, 0.1) is 10.1 Å². The molecule has 0 spiro atoms. The van der Waals surface area contributed by atoms with Crippen LogP contribution in [0.1, 0.15) is 5.56 Å². The highest BCUT2D eigenvalue weighted by Crippen LogP contribution is 2.19. The molecule has 4 N–H and O–H groups in total. The molecule has 3 rings (SSSR count). The van der Waals surface area contributed by atoms with E-state index < -0.39 is 4.92 Å². The van der Waals surface area contributed by atoms with Gasteiger partial charge in [-0.2, -0.15) is 4.98 Å². The second kappa shape index (κ2) is 5.68. The van der Waals surface area contributed by atoms with Gasteiger partial charge >= 0.3 is 5.69 Å². The summed E-state index contributed by atoms with van der Waals surface area (Å²) in [5.74, 6) is 0.137. The average molecular weight is 298 g/mol. The number of para-hydroxylation sites is 1. The average Bonchev–Trinajstić information content (AvgIpc) is 2.90. The molecule has 2 heterocycles. The van der Waals surface area contributed by atoms with Crippen molar-refractivity contribution >= 4 is 28.4 Å². The van der Waals surface area contributed by atoms with Gasteiger partial charge in [-0.15, -0.1) is 0 Å². The van der Waals surface area contributed by atoms with Crippen molar-refractivity contribution < 1.29 is 4.92 Å². The third-order valence-corrected chi connectivity index (χ3v) is 3.35. The Labute approximate surface area is 125 Å². The van der Waals surface area contributed by atoms with Crippen LogP contribution in [0.15, 0.2) is 36.7 Å². The highest BCUT2D eigenvalue weighted by atomic mass is 16.6. The molecule has 0 unspecified atom stereocenters. The largest absolute Gasteiger partial charge is 0.378 e. The quantitative estimate of drug-likeness (QED) is 0.489. The molecule has 0 aliphatic heterocycles. The van der Waals surface area contributed by atoms with Gasteiger partial charge in [-0.3, -0.25) is 10.1 Å². The minimum absolute atomic E-state index is 0.144. The standard InChI is InChI=1S/C14H14N6O2/c15-13-12(20(21)22)8-18-14(19-13)16-6-5-9-7-17-11-4-2-1-3-10(9)11/h1-4,7-8,17H,5-6H2,(H3,15,16,18,19). The normalized spacial score (nSPS) is 10.7. The van der Waals surface area contributed by atoms with Crippen LogP contribution in [0.4, 0.5) is 17.5 Å². The first-order valence-corrected chi connectivity index (χ1v) is 6.71. The van der Waals surface area contributed by atoms with E-state index in [1.165, 1.54) is 10.9 Å². The lowest BCUT2D eigenvalue weighted by atomic mass is 10.1. The molecule has 22 heavy (non-hydrogen) atoms. The van der Waals surface area contributed by atoms with Crippen molar-refractivity contribution in [2.75, 3.05) is 17.6 Å². The summed E-state index contributed by atoms with van der Waals surface area (Å²) in [6.07, 6.45) is 3.85. The number of hydrogen-bond donors (Lipinski definition) is 3. The SMILES string of the molecule is Nc1nc(NCCc2c[nH]c3ccccc23)ncc1[N+](=O)[O-]. The zero-order valence-electron chi connectivity index (χ0n) is 11.6. The maximum absolute atomic E-state index is 10.6. The van der Waals surface area contributed by atoms with Gasteiger partial charge in [0.25, 0.3) is 0 Å². The van der Waals surface area contributed by atoms with Gasteiger partial charge in [-0.05, 0) is 18.1 Å². The fraction of sp³-hybridized carbons (Fsp3) is 0.143. The summed E-state index contributed by atoms with van der Waals surface area (Å²) in [6, 6.07) is 8.05. The molecule has 0 bridgehead atoms. The Bertz CT molecular complexity index is 829. The number of nitrogens with zero attached hydrogens (tertiary/aromatic N) is 3. The predicted molar refractivity (Wildman–Crippen MR) is 83.6 cm³/mol. The lowest BCUT2D eigenvalue weighted by Gasteiger charge is -2.05. The molecule has 0 amide bonds. The molecule has 0 radical (unpaired) electrons. The number of nitrogens with one attached hydrogen (secondary N) is 2. The number of H-pyrrole nitrogens is 1. The minimum atomic E-state index is -0.606. The van der Waals surface area contributed by atoms with Gasteiger partial charge in [-0.1, -0.05) is 18.2 Å². The van der Waals surface area contributed by atoms with Gasteiger partial charge in [0.2, 0.25) is 11.8 Å². The Balaban J connectivity index is 1.66. The molecule has 0 aliphatic carbocycles. The molecule has 8 heteroatoms. The van der Waals surface area contributed by atoms with E-state index in [2.05, 4.69) is 26.3 Å². The smallest absolute Gasteiger partial charge is 0.329 e. The number of benzene rings is 1. The molecule has 0 atom stereocenters. The number of nitro groups is 1. The van der Waals surface area contributed by atoms with Gasteiger partial charge in [0.05, 0.1) is 4.92 Å². The second-order valence-electron chi connectivity index (χ2n) is 4.76. The van der Waals surface area contributed by atoms with E-state index in [0.29, 0.717) is 6.54 Å². The Morgan fingerprint density at radius 3 is 2.95 bits per heavy atom. The van der Waals surface area contributed by atoms with Crippen molar-refractivity contribution in [3.63, 3.8) is 0 Å². The van der Waals surface area contributed by atoms with E-state index in [1.54, 1.807) is 0 Å². The van der Waals surface area contributed by atoms with Gasteiger partial charge in [0.15, 0.2) is 0 Å². The first kappa shape index (κ1) is 13.8. The number of rotatable bonds is 5. The van der Waals surface area contributed by atoms with E-state index in [-0.39, 0.29) is 17.5 Å². The predicted octanol–water partition coefficient (Wildman–Crippen LogP) is 2.10. The fourth-order valence-corrected chi connectivity index (χ4v) is 2.26. The Morgan fingerprint density at radius 1 is 1.36 bits per heavy atom. The lowest BCUT2D eigenvalue weighted by molar-refractivity contribution is -0.384. The molecule has 0 saturated carbocycles. The summed E-state index contributed by atoms with van der Waals surface area (Å²) < 4.78 is 0. The number of aromatic nitrogens is 3. The molecule has 0 aliphatic rings. The number of nitrogens with two attached hydrogens (primary N) is 1. The number of nitrogen functional groups attached to an aromatic ring is 1. The van der Waals surface area contributed by atoms with Crippen molar-refractivity contribution in [1.82, 2.24) is 15.0 Å².